The van der Waals surface area contributed by atoms with Gasteiger partial charge in [0.25, 0.3) is 0 Å². The third-order valence-corrected chi connectivity index (χ3v) is 6.52. The minimum absolute atomic E-state index is 0.0639. The van der Waals surface area contributed by atoms with Gasteiger partial charge in [0, 0.05) is 4.90 Å². The summed E-state index contributed by atoms with van der Waals surface area (Å²) in [4.78, 5) is 27.1. The average Bonchev–Trinajstić information content (AvgIpc) is 2.84. The molecule has 0 radical (unpaired) electrons. The number of rotatable bonds is 4. The molecule has 35 heavy (non-hydrogen) atoms. The van der Waals surface area contributed by atoms with Crippen LogP contribution in [0, 0.1) is 11.6 Å². The molecule has 176 valence electrons. The number of fused-ring (bicyclic) bond motifs is 2. The molecule has 3 aromatic carbocycles. The molecule has 0 aliphatic heterocycles. The summed E-state index contributed by atoms with van der Waals surface area (Å²) in [6.07, 6.45) is 1.86. The molecule has 0 bridgehead atoms. The summed E-state index contributed by atoms with van der Waals surface area (Å²) in [6.45, 7) is 0. The Hall–Kier alpha value is -4.11. The number of halogens is 2. The van der Waals surface area contributed by atoms with Gasteiger partial charge in [0.1, 0.15) is 34.3 Å². The minimum Gasteiger partial charge on any atom is -0.507 e. The Bertz CT molecular complexity index is 1620. The molecule has 2 aromatic heterocycles. The first kappa shape index (κ1) is 22.7. The van der Waals surface area contributed by atoms with Crippen molar-refractivity contribution in [2.75, 3.05) is 6.26 Å². The molecule has 0 aliphatic rings. The van der Waals surface area contributed by atoms with Gasteiger partial charge in [-0.25, -0.2) is 18.4 Å². The number of hydrogen-bond donors (Lipinski definition) is 2. The fraction of sp³-hybridized carbons (Fsp3) is 0.0769. The summed E-state index contributed by atoms with van der Waals surface area (Å²) in [5.41, 5.74) is -2.61. The van der Waals surface area contributed by atoms with Crippen molar-refractivity contribution in [3.8, 4) is 11.5 Å². The molecule has 0 aliphatic carbocycles. The first-order valence-electron chi connectivity index (χ1n) is 10.3. The maximum absolute atomic E-state index is 13.9. The van der Waals surface area contributed by atoms with Crippen molar-refractivity contribution in [1.29, 1.82) is 0 Å². The third kappa shape index (κ3) is 3.83. The Morgan fingerprint density at radius 1 is 0.743 bits per heavy atom. The standard InChI is InChI=1S/C26H16F2O6S/c1-35-15-6-2-12(3-7-15)20(21-23(29)16-10-13(27)4-8-18(16)33-25(21)31)22-24(30)17-11-14(28)5-9-19(17)34-26(22)32/h2-11,20,29-30H,1H3. The first-order chi connectivity index (χ1) is 16.8. The Labute approximate surface area is 200 Å². The van der Waals surface area contributed by atoms with Crippen molar-refractivity contribution in [2.24, 2.45) is 0 Å². The van der Waals surface area contributed by atoms with E-state index in [0.717, 1.165) is 29.2 Å². The highest BCUT2D eigenvalue weighted by molar-refractivity contribution is 7.98. The van der Waals surface area contributed by atoms with Crippen LogP contribution in [0.3, 0.4) is 0 Å². The third-order valence-electron chi connectivity index (χ3n) is 5.78. The number of benzene rings is 3. The highest BCUT2D eigenvalue weighted by Gasteiger charge is 2.32. The summed E-state index contributed by atoms with van der Waals surface area (Å²) >= 11 is 1.46. The normalized spacial score (nSPS) is 11.5. The molecule has 0 saturated heterocycles. The molecule has 2 N–H and O–H groups in total. The van der Waals surface area contributed by atoms with Crippen molar-refractivity contribution in [2.45, 2.75) is 10.8 Å². The molecule has 9 heteroatoms. The van der Waals surface area contributed by atoms with Crippen LogP contribution >= 0.6 is 11.8 Å². The van der Waals surface area contributed by atoms with E-state index in [1.807, 2.05) is 6.26 Å². The van der Waals surface area contributed by atoms with Crippen molar-refractivity contribution in [3.05, 3.63) is 110 Å². The van der Waals surface area contributed by atoms with E-state index in [1.165, 1.54) is 23.9 Å². The van der Waals surface area contributed by atoms with Gasteiger partial charge in [-0.1, -0.05) is 12.1 Å². The van der Waals surface area contributed by atoms with Crippen LogP contribution in [0.25, 0.3) is 21.9 Å². The van der Waals surface area contributed by atoms with Crippen LogP contribution in [-0.4, -0.2) is 16.5 Å². The van der Waals surface area contributed by atoms with Crippen LogP contribution in [0.15, 0.2) is 84.0 Å². The summed E-state index contributed by atoms with van der Waals surface area (Å²) in [7, 11) is 0. The molecule has 0 saturated carbocycles. The van der Waals surface area contributed by atoms with Gasteiger partial charge in [-0.05, 0) is 60.4 Å². The van der Waals surface area contributed by atoms with Crippen LogP contribution in [0.4, 0.5) is 8.78 Å². The predicted molar refractivity (Wildman–Crippen MR) is 127 cm³/mol. The summed E-state index contributed by atoms with van der Waals surface area (Å²) in [5, 5.41) is 22.0. The second-order valence-corrected chi connectivity index (χ2v) is 8.67. The Kier molecular flexibility index (Phi) is 5.56. The van der Waals surface area contributed by atoms with Crippen LogP contribution in [0.5, 0.6) is 11.5 Å². The molecular formula is C26H16F2O6S. The Morgan fingerprint density at radius 3 is 1.63 bits per heavy atom. The van der Waals surface area contributed by atoms with Crippen LogP contribution in [0.2, 0.25) is 0 Å². The second kappa shape index (κ2) is 8.59. The van der Waals surface area contributed by atoms with Gasteiger partial charge in [0.15, 0.2) is 0 Å². The zero-order chi connectivity index (χ0) is 24.9. The first-order valence-corrected chi connectivity index (χ1v) is 11.6. The van der Waals surface area contributed by atoms with E-state index in [9.17, 15) is 28.6 Å². The number of thioether (sulfide) groups is 1. The molecular weight excluding hydrogens is 478 g/mol. The smallest absolute Gasteiger partial charge is 0.344 e. The van der Waals surface area contributed by atoms with E-state index in [4.69, 9.17) is 8.83 Å². The Balaban J connectivity index is 1.90. The lowest BCUT2D eigenvalue weighted by molar-refractivity contribution is 0.441. The van der Waals surface area contributed by atoms with Crippen LogP contribution in [-0.2, 0) is 0 Å². The van der Waals surface area contributed by atoms with E-state index in [0.29, 0.717) is 5.56 Å². The van der Waals surface area contributed by atoms with Gasteiger partial charge >= 0.3 is 11.3 Å². The molecule has 2 heterocycles. The number of hydrogen-bond acceptors (Lipinski definition) is 7. The van der Waals surface area contributed by atoms with Gasteiger partial charge < -0.3 is 19.0 Å². The maximum Gasteiger partial charge on any atom is 0.344 e. The lowest BCUT2D eigenvalue weighted by Crippen LogP contribution is -2.21. The molecule has 0 fully saturated rings. The fourth-order valence-electron chi connectivity index (χ4n) is 4.13. The van der Waals surface area contributed by atoms with Gasteiger partial charge in [0.2, 0.25) is 0 Å². The topological polar surface area (TPSA) is 101 Å². The van der Waals surface area contributed by atoms with Crippen molar-refractivity contribution in [1.82, 2.24) is 0 Å². The van der Waals surface area contributed by atoms with Gasteiger partial charge in [-0.2, -0.15) is 0 Å². The average molecular weight is 494 g/mol. The van der Waals surface area contributed by atoms with E-state index in [-0.39, 0.29) is 21.9 Å². The van der Waals surface area contributed by atoms with E-state index in [1.54, 1.807) is 24.3 Å². The molecule has 5 rings (SSSR count). The van der Waals surface area contributed by atoms with Crippen molar-refractivity contribution >= 4 is 33.7 Å². The van der Waals surface area contributed by atoms with Gasteiger partial charge in [-0.3, -0.25) is 0 Å². The number of aromatic hydroxyl groups is 2. The van der Waals surface area contributed by atoms with Gasteiger partial charge in [-0.15, -0.1) is 11.8 Å². The van der Waals surface area contributed by atoms with E-state index < -0.39 is 51.4 Å². The highest BCUT2D eigenvalue weighted by atomic mass is 32.2. The van der Waals surface area contributed by atoms with Crippen LogP contribution in [0.1, 0.15) is 22.6 Å². The molecule has 6 nitrogen and oxygen atoms in total. The van der Waals surface area contributed by atoms with Crippen LogP contribution < -0.4 is 11.3 Å². The lowest BCUT2D eigenvalue weighted by Gasteiger charge is -2.20. The summed E-state index contributed by atoms with van der Waals surface area (Å²) in [6, 6.07) is 13.2. The monoisotopic (exact) mass is 494 g/mol. The quantitative estimate of drug-likeness (QED) is 0.252. The minimum atomic E-state index is -1.38. The maximum atomic E-state index is 13.9. The molecule has 5 aromatic rings. The molecule has 0 spiro atoms. The van der Waals surface area contributed by atoms with E-state index >= 15 is 0 Å². The largest absolute Gasteiger partial charge is 0.507 e. The zero-order valence-corrected chi connectivity index (χ0v) is 18.9. The second-order valence-electron chi connectivity index (χ2n) is 7.79. The summed E-state index contributed by atoms with van der Waals surface area (Å²) < 4.78 is 38.5. The predicted octanol–water partition coefficient (Wildman–Crippen LogP) is 5.49. The fourth-order valence-corrected chi connectivity index (χ4v) is 4.54. The Morgan fingerprint density at radius 2 is 1.20 bits per heavy atom. The van der Waals surface area contributed by atoms with E-state index in [2.05, 4.69) is 0 Å². The molecule has 0 amide bonds. The van der Waals surface area contributed by atoms with Gasteiger partial charge in [0.05, 0.1) is 27.8 Å². The van der Waals surface area contributed by atoms with Crippen molar-refractivity contribution in [3.63, 3.8) is 0 Å². The van der Waals surface area contributed by atoms with Crippen molar-refractivity contribution < 1.29 is 27.8 Å². The molecule has 0 atom stereocenters. The summed E-state index contributed by atoms with van der Waals surface area (Å²) in [5.74, 6) is -3.98. The SMILES string of the molecule is CSc1ccc(C(c2c(O)c3cc(F)ccc3oc2=O)c2c(O)c3cc(F)ccc3oc2=O)cc1. The highest BCUT2D eigenvalue weighted by Crippen LogP contribution is 2.42. The lowest BCUT2D eigenvalue weighted by atomic mass is 9.84. The zero-order valence-electron chi connectivity index (χ0n) is 18.0. The molecule has 0 unspecified atom stereocenters.